The van der Waals surface area contributed by atoms with Crippen molar-refractivity contribution in [3.63, 3.8) is 0 Å². The van der Waals surface area contributed by atoms with Gasteiger partial charge in [-0.2, -0.15) is 5.10 Å². The van der Waals surface area contributed by atoms with E-state index >= 15 is 0 Å². The molecule has 0 saturated heterocycles. The molecule has 1 heterocycles. The fourth-order valence-electron chi connectivity index (χ4n) is 2.72. The van der Waals surface area contributed by atoms with Gasteiger partial charge in [0, 0.05) is 7.05 Å². The van der Waals surface area contributed by atoms with Gasteiger partial charge in [-0.25, -0.2) is 4.68 Å². The molecule has 18 heavy (non-hydrogen) atoms. The molecule has 1 saturated carbocycles. The summed E-state index contributed by atoms with van der Waals surface area (Å²) in [7, 11) is 1.91. The summed E-state index contributed by atoms with van der Waals surface area (Å²) in [6, 6.07) is 0. The standard InChI is InChI=1S/C14H25N3O/c1-3-7-12-13(15)14(17(2)16-12)18-10-11-8-5-4-6-9-11/h11H,3-10,15H2,1-2H3. The predicted octanol–water partition coefficient (Wildman–Crippen LogP) is 2.91. The van der Waals surface area contributed by atoms with E-state index in [1.165, 1.54) is 32.1 Å². The lowest BCUT2D eigenvalue weighted by molar-refractivity contribution is 0.197. The normalized spacial score (nSPS) is 17.0. The highest BCUT2D eigenvalue weighted by molar-refractivity contribution is 5.53. The van der Waals surface area contributed by atoms with Crippen molar-refractivity contribution in [1.29, 1.82) is 0 Å². The number of hydrogen-bond donors (Lipinski definition) is 1. The van der Waals surface area contributed by atoms with Gasteiger partial charge in [-0.05, 0) is 25.2 Å². The van der Waals surface area contributed by atoms with Crippen molar-refractivity contribution in [1.82, 2.24) is 9.78 Å². The highest BCUT2D eigenvalue weighted by Crippen LogP contribution is 2.28. The summed E-state index contributed by atoms with van der Waals surface area (Å²) in [5, 5.41) is 4.43. The molecule has 1 aliphatic carbocycles. The number of ether oxygens (including phenoxy) is 1. The first-order valence-electron chi connectivity index (χ1n) is 7.16. The van der Waals surface area contributed by atoms with Gasteiger partial charge >= 0.3 is 0 Å². The first kappa shape index (κ1) is 13.2. The first-order chi connectivity index (χ1) is 8.72. The number of aromatic nitrogens is 2. The summed E-state index contributed by atoms with van der Waals surface area (Å²) in [4.78, 5) is 0. The highest BCUT2D eigenvalue weighted by Gasteiger charge is 2.18. The molecule has 0 spiro atoms. The second-order valence-corrected chi connectivity index (χ2v) is 5.35. The Morgan fingerprint density at radius 3 is 2.72 bits per heavy atom. The molecular formula is C14H25N3O. The molecule has 4 nitrogen and oxygen atoms in total. The molecule has 1 aromatic heterocycles. The van der Waals surface area contributed by atoms with Gasteiger partial charge in [0.2, 0.25) is 5.88 Å². The Bertz CT molecular complexity index is 381. The number of nitrogens with two attached hydrogens (primary N) is 1. The van der Waals surface area contributed by atoms with Crippen LogP contribution in [-0.4, -0.2) is 16.4 Å². The van der Waals surface area contributed by atoms with Crippen LogP contribution >= 0.6 is 0 Å². The molecule has 2 rings (SSSR count). The molecule has 102 valence electrons. The zero-order chi connectivity index (χ0) is 13.0. The van der Waals surface area contributed by atoms with Crippen LogP contribution in [0.5, 0.6) is 5.88 Å². The minimum atomic E-state index is 0.697. The molecule has 1 aliphatic rings. The summed E-state index contributed by atoms with van der Waals surface area (Å²) in [5.74, 6) is 1.45. The van der Waals surface area contributed by atoms with Gasteiger partial charge in [-0.1, -0.05) is 32.6 Å². The number of hydrogen-bond acceptors (Lipinski definition) is 3. The van der Waals surface area contributed by atoms with E-state index in [0.29, 0.717) is 5.92 Å². The maximum absolute atomic E-state index is 6.10. The lowest BCUT2D eigenvalue weighted by atomic mass is 9.90. The highest BCUT2D eigenvalue weighted by atomic mass is 16.5. The molecule has 1 aromatic rings. The van der Waals surface area contributed by atoms with E-state index < -0.39 is 0 Å². The Balaban J connectivity index is 1.95. The molecule has 0 aromatic carbocycles. The van der Waals surface area contributed by atoms with E-state index in [0.717, 1.165) is 36.7 Å². The van der Waals surface area contributed by atoms with Crippen LogP contribution < -0.4 is 10.5 Å². The van der Waals surface area contributed by atoms with Crippen LogP contribution in [0.15, 0.2) is 0 Å². The van der Waals surface area contributed by atoms with Crippen LogP contribution in [0, 0.1) is 5.92 Å². The number of nitrogen functional groups attached to an aromatic ring is 1. The van der Waals surface area contributed by atoms with Crippen LogP contribution in [0.25, 0.3) is 0 Å². The summed E-state index contributed by atoms with van der Waals surface area (Å²) >= 11 is 0. The Labute approximate surface area is 110 Å². The summed E-state index contributed by atoms with van der Waals surface area (Å²) in [6.07, 6.45) is 8.63. The van der Waals surface area contributed by atoms with Crippen molar-refractivity contribution in [3.05, 3.63) is 5.69 Å². The molecule has 1 fully saturated rings. The zero-order valence-electron chi connectivity index (χ0n) is 11.6. The van der Waals surface area contributed by atoms with E-state index in [1.54, 1.807) is 4.68 Å². The lowest BCUT2D eigenvalue weighted by Gasteiger charge is -2.21. The van der Waals surface area contributed by atoms with Crippen LogP contribution in [0.2, 0.25) is 0 Å². The van der Waals surface area contributed by atoms with Crippen LogP contribution in [0.1, 0.15) is 51.1 Å². The molecular weight excluding hydrogens is 226 g/mol. The molecule has 2 N–H and O–H groups in total. The second-order valence-electron chi connectivity index (χ2n) is 5.35. The fraction of sp³-hybridized carbons (Fsp3) is 0.786. The average Bonchev–Trinajstić information content (AvgIpc) is 2.64. The van der Waals surface area contributed by atoms with Gasteiger partial charge in [0.1, 0.15) is 5.69 Å². The van der Waals surface area contributed by atoms with Crippen molar-refractivity contribution in [2.24, 2.45) is 13.0 Å². The van der Waals surface area contributed by atoms with Gasteiger partial charge in [0.15, 0.2) is 0 Å². The summed E-state index contributed by atoms with van der Waals surface area (Å²) < 4.78 is 7.69. The van der Waals surface area contributed by atoms with Gasteiger partial charge in [0.05, 0.1) is 12.3 Å². The number of aryl methyl sites for hydroxylation is 2. The van der Waals surface area contributed by atoms with Gasteiger partial charge < -0.3 is 10.5 Å². The SMILES string of the molecule is CCCc1nn(C)c(OCC2CCCCC2)c1N. The number of nitrogens with zero attached hydrogens (tertiary/aromatic N) is 2. The van der Waals surface area contributed by atoms with Crippen molar-refractivity contribution < 1.29 is 4.74 Å². The minimum absolute atomic E-state index is 0.697. The Hall–Kier alpha value is -1.19. The fourth-order valence-corrected chi connectivity index (χ4v) is 2.72. The molecule has 0 amide bonds. The monoisotopic (exact) mass is 251 g/mol. The van der Waals surface area contributed by atoms with E-state index in [9.17, 15) is 0 Å². The largest absolute Gasteiger partial charge is 0.476 e. The van der Waals surface area contributed by atoms with Crippen LogP contribution in [0.4, 0.5) is 5.69 Å². The summed E-state index contributed by atoms with van der Waals surface area (Å²) in [5.41, 5.74) is 7.80. The molecule has 0 aliphatic heterocycles. The summed E-state index contributed by atoms with van der Waals surface area (Å²) in [6.45, 7) is 2.92. The Morgan fingerprint density at radius 2 is 2.06 bits per heavy atom. The van der Waals surface area contributed by atoms with Crippen molar-refractivity contribution in [3.8, 4) is 5.88 Å². The third kappa shape index (κ3) is 2.98. The zero-order valence-corrected chi connectivity index (χ0v) is 11.6. The van der Waals surface area contributed by atoms with E-state index in [-0.39, 0.29) is 0 Å². The molecule has 0 unspecified atom stereocenters. The van der Waals surface area contributed by atoms with E-state index in [2.05, 4.69) is 12.0 Å². The maximum Gasteiger partial charge on any atom is 0.235 e. The smallest absolute Gasteiger partial charge is 0.235 e. The van der Waals surface area contributed by atoms with Gasteiger partial charge in [0.25, 0.3) is 0 Å². The van der Waals surface area contributed by atoms with Crippen molar-refractivity contribution in [2.45, 2.75) is 51.9 Å². The number of anilines is 1. The maximum atomic E-state index is 6.10. The first-order valence-corrected chi connectivity index (χ1v) is 7.16. The van der Waals surface area contributed by atoms with Crippen molar-refractivity contribution in [2.75, 3.05) is 12.3 Å². The molecule has 4 heteroatoms. The molecule has 0 radical (unpaired) electrons. The Kier molecular flexibility index (Phi) is 4.50. The van der Waals surface area contributed by atoms with Crippen molar-refractivity contribution >= 4 is 5.69 Å². The van der Waals surface area contributed by atoms with Gasteiger partial charge in [-0.3, -0.25) is 0 Å². The topological polar surface area (TPSA) is 53.1 Å². The van der Waals surface area contributed by atoms with Crippen LogP contribution in [-0.2, 0) is 13.5 Å². The quantitative estimate of drug-likeness (QED) is 0.875. The second kappa shape index (κ2) is 6.12. The van der Waals surface area contributed by atoms with E-state index in [1.807, 2.05) is 7.05 Å². The minimum Gasteiger partial charge on any atom is -0.476 e. The third-order valence-electron chi connectivity index (χ3n) is 3.77. The molecule has 0 atom stereocenters. The average molecular weight is 251 g/mol. The number of rotatable bonds is 5. The predicted molar refractivity (Wildman–Crippen MR) is 73.7 cm³/mol. The van der Waals surface area contributed by atoms with E-state index in [4.69, 9.17) is 10.5 Å². The third-order valence-corrected chi connectivity index (χ3v) is 3.77. The Morgan fingerprint density at radius 1 is 1.33 bits per heavy atom. The lowest BCUT2D eigenvalue weighted by Crippen LogP contribution is -2.16. The molecule has 0 bridgehead atoms. The van der Waals surface area contributed by atoms with Crippen LogP contribution in [0.3, 0.4) is 0 Å². The van der Waals surface area contributed by atoms with Gasteiger partial charge in [-0.15, -0.1) is 0 Å².